The number of piperazine rings is 1. The van der Waals surface area contributed by atoms with Gasteiger partial charge in [0, 0.05) is 50.9 Å². The van der Waals surface area contributed by atoms with E-state index < -0.39 is 0 Å². The maximum atomic E-state index is 12.5. The summed E-state index contributed by atoms with van der Waals surface area (Å²) in [5, 5.41) is 4.06. The third kappa shape index (κ3) is 5.32. The molecule has 1 fully saturated rings. The summed E-state index contributed by atoms with van der Waals surface area (Å²) in [5.74, 6) is 1.43. The van der Waals surface area contributed by atoms with Crippen molar-refractivity contribution in [3.63, 3.8) is 0 Å². The minimum absolute atomic E-state index is 0.0317. The molecule has 0 bridgehead atoms. The molecule has 8 heteroatoms. The summed E-state index contributed by atoms with van der Waals surface area (Å²) in [6, 6.07) is 13.8. The lowest BCUT2D eigenvalue weighted by molar-refractivity contribution is 0.194. The lowest BCUT2D eigenvalue weighted by Gasteiger charge is -2.36. The number of hydrogen-bond donors (Lipinski definition) is 1. The summed E-state index contributed by atoms with van der Waals surface area (Å²) in [6.07, 6.45) is 2.45. The molecule has 1 aromatic heterocycles. The predicted octanol–water partition coefficient (Wildman–Crippen LogP) is 5.03. The second-order valence-electron chi connectivity index (χ2n) is 7.49. The number of hydrogen-bond acceptors (Lipinski definition) is 4. The van der Waals surface area contributed by atoms with Crippen molar-refractivity contribution in [1.29, 1.82) is 0 Å². The van der Waals surface area contributed by atoms with E-state index in [1.54, 1.807) is 12.3 Å². The van der Waals surface area contributed by atoms with Crippen LogP contribution in [0.3, 0.4) is 0 Å². The molecule has 2 heterocycles. The Labute approximate surface area is 191 Å². The van der Waals surface area contributed by atoms with E-state index in [4.69, 9.17) is 27.6 Å². The number of carbonyl (C=O) groups is 1. The lowest BCUT2D eigenvalue weighted by Crippen LogP contribution is -2.52. The van der Waals surface area contributed by atoms with Crippen LogP contribution < -0.4 is 10.2 Å². The zero-order valence-corrected chi connectivity index (χ0v) is 18.8. The largest absolute Gasteiger partial charge is 0.441 e. The Morgan fingerprint density at radius 3 is 2.45 bits per heavy atom. The van der Waals surface area contributed by atoms with Gasteiger partial charge in [0.25, 0.3) is 0 Å². The average molecular weight is 459 g/mol. The first-order valence-electron chi connectivity index (χ1n) is 10.2. The molecule has 0 unspecified atom stereocenters. The van der Waals surface area contributed by atoms with E-state index >= 15 is 0 Å². The Kier molecular flexibility index (Phi) is 6.68. The number of amides is 2. The number of halogens is 2. The van der Waals surface area contributed by atoms with E-state index in [1.807, 2.05) is 36.1 Å². The number of benzene rings is 2. The van der Waals surface area contributed by atoms with Crippen molar-refractivity contribution in [3.05, 3.63) is 70.2 Å². The fraction of sp³-hybridized carbons (Fsp3) is 0.304. The zero-order chi connectivity index (χ0) is 21.8. The number of aromatic nitrogens is 1. The molecule has 1 saturated heterocycles. The van der Waals surface area contributed by atoms with Gasteiger partial charge in [-0.15, -0.1) is 0 Å². The Hall–Kier alpha value is -2.70. The maximum absolute atomic E-state index is 12.5. The molecular formula is C23H24Cl2N4O2. The smallest absolute Gasteiger partial charge is 0.317 e. The van der Waals surface area contributed by atoms with E-state index in [0.717, 1.165) is 35.7 Å². The van der Waals surface area contributed by atoms with E-state index in [-0.39, 0.29) is 6.03 Å². The number of nitrogens with one attached hydrogen (secondary N) is 1. The first kappa shape index (κ1) is 21.5. The highest BCUT2D eigenvalue weighted by molar-refractivity contribution is 6.42. The average Bonchev–Trinajstić information content (AvgIpc) is 3.23. The molecule has 0 saturated carbocycles. The van der Waals surface area contributed by atoms with Crippen molar-refractivity contribution in [3.8, 4) is 11.3 Å². The fourth-order valence-electron chi connectivity index (χ4n) is 3.62. The molecule has 6 nitrogen and oxygen atoms in total. The quantitative estimate of drug-likeness (QED) is 0.582. The molecule has 4 rings (SSSR count). The van der Waals surface area contributed by atoms with Crippen molar-refractivity contribution in [2.24, 2.45) is 0 Å². The number of nitrogens with zero attached hydrogens (tertiary/aromatic N) is 3. The minimum atomic E-state index is -0.0317. The van der Waals surface area contributed by atoms with Crippen LogP contribution in [0.25, 0.3) is 11.3 Å². The minimum Gasteiger partial charge on any atom is -0.441 e. The van der Waals surface area contributed by atoms with Crippen LogP contribution in [0.4, 0.5) is 10.5 Å². The Bertz CT molecular complexity index is 1040. The van der Waals surface area contributed by atoms with E-state index in [2.05, 4.69) is 27.3 Å². The van der Waals surface area contributed by atoms with Gasteiger partial charge in [-0.05, 0) is 48.4 Å². The van der Waals surface area contributed by atoms with Gasteiger partial charge in [0.1, 0.15) is 0 Å². The highest BCUT2D eigenvalue weighted by Crippen LogP contribution is 2.25. The Balaban J connectivity index is 1.24. The molecule has 3 aromatic rings. The van der Waals surface area contributed by atoms with E-state index in [0.29, 0.717) is 42.0 Å². The molecule has 0 aliphatic carbocycles. The number of urea groups is 1. The summed E-state index contributed by atoms with van der Waals surface area (Å²) >= 11 is 12.0. The fourth-order valence-corrected chi connectivity index (χ4v) is 3.94. The van der Waals surface area contributed by atoms with Crippen LogP contribution in [-0.2, 0) is 6.42 Å². The van der Waals surface area contributed by atoms with Gasteiger partial charge in [-0.2, -0.15) is 0 Å². The monoisotopic (exact) mass is 458 g/mol. The van der Waals surface area contributed by atoms with Crippen LogP contribution in [0.15, 0.2) is 53.1 Å². The Morgan fingerprint density at radius 1 is 1.06 bits per heavy atom. The van der Waals surface area contributed by atoms with Gasteiger partial charge in [-0.1, -0.05) is 29.3 Å². The van der Waals surface area contributed by atoms with Crippen molar-refractivity contribution >= 4 is 34.9 Å². The van der Waals surface area contributed by atoms with Crippen molar-refractivity contribution < 1.29 is 9.21 Å². The second-order valence-corrected chi connectivity index (χ2v) is 8.31. The van der Waals surface area contributed by atoms with E-state index in [1.165, 1.54) is 0 Å². The molecule has 2 amide bonds. The van der Waals surface area contributed by atoms with E-state index in [9.17, 15) is 4.79 Å². The second kappa shape index (κ2) is 9.62. The number of rotatable bonds is 5. The van der Waals surface area contributed by atoms with Gasteiger partial charge in [0.2, 0.25) is 0 Å². The molecule has 0 spiro atoms. The highest BCUT2D eigenvalue weighted by Gasteiger charge is 2.21. The first-order chi connectivity index (χ1) is 15.0. The first-order valence-corrected chi connectivity index (χ1v) is 11.0. The molecule has 162 valence electrons. The SMILES string of the molecule is Cc1ncc(-c2ccc(N3CCN(C(=O)NCCc4ccc(Cl)c(Cl)c4)CC3)cc2)o1. The van der Waals surface area contributed by atoms with Gasteiger partial charge >= 0.3 is 6.03 Å². The number of aryl methyl sites for hydroxylation is 1. The standard InChI is InChI=1S/C23H24Cl2N4O2/c1-16-27-15-22(31-16)18-3-5-19(6-4-18)28-10-12-29(13-11-28)23(30)26-9-8-17-2-7-20(24)21(25)14-17/h2-7,14-15H,8-13H2,1H3,(H,26,30). The Morgan fingerprint density at radius 2 is 1.81 bits per heavy atom. The molecule has 1 aliphatic heterocycles. The molecule has 1 aliphatic rings. The van der Waals surface area contributed by atoms with Crippen LogP contribution in [0.5, 0.6) is 0 Å². The van der Waals surface area contributed by atoms with Crippen molar-refractivity contribution in [2.75, 3.05) is 37.6 Å². The molecule has 1 N–H and O–H groups in total. The molecule has 31 heavy (non-hydrogen) atoms. The number of carbonyl (C=O) groups excluding carboxylic acids is 1. The molecule has 2 aromatic carbocycles. The van der Waals surface area contributed by atoms with Gasteiger partial charge in [-0.25, -0.2) is 9.78 Å². The van der Waals surface area contributed by atoms with Crippen molar-refractivity contribution in [1.82, 2.24) is 15.2 Å². The third-order valence-electron chi connectivity index (χ3n) is 5.38. The summed E-state index contributed by atoms with van der Waals surface area (Å²) in [4.78, 5) is 20.8. The molecule has 0 radical (unpaired) electrons. The third-order valence-corrected chi connectivity index (χ3v) is 6.12. The summed E-state index contributed by atoms with van der Waals surface area (Å²) in [7, 11) is 0. The lowest BCUT2D eigenvalue weighted by atomic mass is 10.1. The molecule has 0 atom stereocenters. The maximum Gasteiger partial charge on any atom is 0.317 e. The van der Waals surface area contributed by atoms with Gasteiger partial charge in [0.15, 0.2) is 11.7 Å². The highest BCUT2D eigenvalue weighted by atomic mass is 35.5. The van der Waals surface area contributed by atoms with Crippen molar-refractivity contribution in [2.45, 2.75) is 13.3 Å². The van der Waals surface area contributed by atoms with Gasteiger partial charge in [-0.3, -0.25) is 0 Å². The number of anilines is 1. The summed E-state index contributed by atoms with van der Waals surface area (Å²) in [6.45, 7) is 5.34. The van der Waals surface area contributed by atoms with Gasteiger partial charge < -0.3 is 19.5 Å². The van der Waals surface area contributed by atoms with Crippen LogP contribution in [0, 0.1) is 6.92 Å². The zero-order valence-electron chi connectivity index (χ0n) is 17.3. The van der Waals surface area contributed by atoms with Crippen LogP contribution >= 0.6 is 23.2 Å². The number of oxazole rings is 1. The normalized spacial score (nSPS) is 14.0. The van der Waals surface area contributed by atoms with Gasteiger partial charge in [0.05, 0.1) is 16.2 Å². The summed E-state index contributed by atoms with van der Waals surface area (Å²) in [5.41, 5.74) is 3.19. The summed E-state index contributed by atoms with van der Waals surface area (Å²) < 4.78 is 5.58. The van der Waals surface area contributed by atoms with Crippen LogP contribution in [0.2, 0.25) is 10.0 Å². The van der Waals surface area contributed by atoms with Crippen LogP contribution in [-0.4, -0.2) is 48.6 Å². The molecular weight excluding hydrogens is 435 g/mol. The predicted molar refractivity (Wildman–Crippen MR) is 124 cm³/mol. The van der Waals surface area contributed by atoms with Crippen LogP contribution in [0.1, 0.15) is 11.5 Å². The topological polar surface area (TPSA) is 61.6 Å².